The zero-order chi connectivity index (χ0) is 21.2. The molecule has 156 valence electrons. The van der Waals surface area contributed by atoms with Crippen LogP contribution in [0.15, 0.2) is 18.2 Å². The first-order valence-electron chi connectivity index (χ1n) is 9.21. The average molecular weight is 429 g/mol. The van der Waals surface area contributed by atoms with Crippen LogP contribution in [0.25, 0.3) is 0 Å². The highest BCUT2D eigenvalue weighted by Crippen LogP contribution is 2.35. The number of alkyl halides is 3. The van der Waals surface area contributed by atoms with Crippen LogP contribution in [0, 0.1) is 0 Å². The summed E-state index contributed by atoms with van der Waals surface area (Å²) in [5.74, 6) is -1.11. The molecule has 1 aromatic carbocycles. The number of hydrogen-bond donors (Lipinski definition) is 2. The van der Waals surface area contributed by atoms with Gasteiger partial charge in [-0.05, 0) is 50.3 Å². The maximum atomic E-state index is 13.2. The van der Waals surface area contributed by atoms with E-state index in [4.69, 9.17) is 17.3 Å². The molecule has 3 rings (SSSR count). The van der Waals surface area contributed by atoms with Crippen LogP contribution in [0.4, 0.5) is 18.9 Å². The molecule has 0 unspecified atom stereocenters. The number of rotatable bonds is 6. The molecule has 29 heavy (non-hydrogen) atoms. The fourth-order valence-electron chi connectivity index (χ4n) is 3.51. The van der Waals surface area contributed by atoms with Crippen molar-refractivity contribution in [3.8, 4) is 0 Å². The van der Waals surface area contributed by atoms with Gasteiger partial charge in [0.15, 0.2) is 5.69 Å². The molecule has 1 aliphatic carbocycles. The van der Waals surface area contributed by atoms with Crippen LogP contribution in [-0.2, 0) is 30.4 Å². The molecule has 0 spiro atoms. The van der Waals surface area contributed by atoms with E-state index in [1.165, 1.54) is 22.9 Å². The van der Waals surface area contributed by atoms with E-state index in [1.54, 1.807) is 0 Å². The third-order valence-electron chi connectivity index (χ3n) is 4.82. The zero-order valence-corrected chi connectivity index (χ0v) is 16.2. The van der Waals surface area contributed by atoms with E-state index in [0.29, 0.717) is 36.4 Å². The van der Waals surface area contributed by atoms with Crippen LogP contribution in [0.3, 0.4) is 0 Å². The number of nitrogens with two attached hydrogens (primary N) is 1. The van der Waals surface area contributed by atoms with Crippen molar-refractivity contribution in [3.63, 3.8) is 0 Å². The monoisotopic (exact) mass is 428 g/mol. The second-order valence-electron chi connectivity index (χ2n) is 6.91. The highest BCUT2D eigenvalue weighted by Gasteiger charge is 2.39. The number of amides is 2. The van der Waals surface area contributed by atoms with Crippen molar-refractivity contribution in [1.29, 1.82) is 0 Å². The molecule has 0 fully saturated rings. The van der Waals surface area contributed by atoms with E-state index >= 15 is 0 Å². The number of nitrogens with zero attached hydrogens (tertiary/aromatic N) is 2. The molecule has 1 aliphatic rings. The predicted octanol–water partition coefficient (Wildman–Crippen LogP) is 3.95. The predicted molar refractivity (Wildman–Crippen MR) is 102 cm³/mol. The van der Waals surface area contributed by atoms with Crippen molar-refractivity contribution in [2.45, 2.75) is 51.2 Å². The highest BCUT2D eigenvalue weighted by atomic mass is 35.5. The van der Waals surface area contributed by atoms with Crippen LogP contribution in [0.2, 0.25) is 5.02 Å². The molecule has 1 aromatic heterocycles. The van der Waals surface area contributed by atoms with Gasteiger partial charge in [-0.2, -0.15) is 18.3 Å². The molecule has 1 heterocycles. The number of halogens is 4. The molecule has 2 amide bonds. The third-order valence-corrected chi connectivity index (χ3v) is 5.06. The first-order valence-corrected chi connectivity index (χ1v) is 9.59. The number of carbonyl (C=O) groups excluding carboxylic acids is 2. The fraction of sp³-hybridized carbons (Fsp3) is 0.421. The molecule has 0 radical (unpaired) electrons. The second kappa shape index (κ2) is 8.44. The lowest BCUT2D eigenvalue weighted by Gasteiger charge is -2.14. The van der Waals surface area contributed by atoms with Crippen LogP contribution < -0.4 is 11.1 Å². The molecule has 0 atom stereocenters. The van der Waals surface area contributed by atoms with Gasteiger partial charge < -0.3 is 11.1 Å². The molecular weight excluding hydrogens is 409 g/mol. The smallest absolute Gasteiger partial charge is 0.366 e. The summed E-state index contributed by atoms with van der Waals surface area (Å²) in [7, 11) is 0. The number of benzene rings is 1. The van der Waals surface area contributed by atoms with Crippen molar-refractivity contribution >= 4 is 29.1 Å². The Bertz CT molecular complexity index is 940. The first-order chi connectivity index (χ1) is 13.7. The van der Waals surface area contributed by atoms with Crippen molar-refractivity contribution < 1.29 is 22.8 Å². The van der Waals surface area contributed by atoms with E-state index in [0.717, 1.165) is 6.42 Å². The SMILES string of the molecule is NC(=O)c1cc(Cl)ccc1NC(=O)CCCn1nc(C(F)(F)F)c2c1CCCC2. The number of primary amides is 1. The number of aromatic nitrogens is 2. The van der Waals surface area contributed by atoms with Gasteiger partial charge in [-0.25, -0.2) is 0 Å². The summed E-state index contributed by atoms with van der Waals surface area (Å²) in [4.78, 5) is 23.7. The van der Waals surface area contributed by atoms with Gasteiger partial charge in [0.25, 0.3) is 5.91 Å². The number of fused-ring (bicyclic) bond motifs is 1. The zero-order valence-electron chi connectivity index (χ0n) is 15.5. The second-order valence-corrected chi connectivity index (χ2v) is 7.34. The number of nitrogens with one attached hydrogen (secondary N) is 1. The van der Waals surface area contributed by atoms with Crippen molar-refractivity contribution in [3.05, 3.63) is 45.7 Å². The van der Waals surface area contributed by atoms with Gasteiger partial charge in [-0.1, -0.05) is 11.6 Å². The van der Waals surface area contributed by atoms with Gasteiger partial charge in [0.2, 0.25) is 5.91 Å². The standard InChI is InChI=1S/C19H20ClF3N4O2/c20-11-7-8-14(13(10-11)18(24)29)25-16(28)6-3-9-27-15-5-2-1-4-12(15)17(26-27)19(21,22)23/h7-8,10H,1-6,9H2,(H2,24,29)(H,25,28). The van der Waals surface area contributed by atoms with Gasteiger partial charge in [0, 0.05) is 29.2 Å². The van der Waals surface area contributed by atoms with Crippen LogP contribution in [0.1, 0.15) is 53.0 Å². The summed E-state index contributed by atoms with van der Waals surface area (Å²) < 4.78 is 41.1. The van der Waals surface area contributed by atoms with Gasteiger partial charge in [0.1, 0.15) is 0 Å². The molecule has 0 bridgehead atoms. The van der Waals surface area contributed by atoms with Crippen LogP contribution >= 0.6 is 11.6 Å². The van der Waals surface area contributed by atoms with E-state index in [9.17, 15) is 22.8 Å². The summed E-state index contributed by atoms with van der Waals surface area (Å²) >= 11 is 5.83. The Labute approximate surface area is 170 Å². The summed E-state index contributed by atoms with van der Waals surface area (Å²) in [5.41, 5.74) is 5.68. The fourth-order valence-corrected chi connectivity index (χ4v) is 3.69. The lowest BCUT2D eigenvalue weighted by molar-refractivity contribution is -0.142. The molecule has 0 aliphatic heterocycles. The van der Waals surface area contributed by atoms with E-state index in [1.807, 2.05) is 0 Å². The van der Waals surface area contributed by atoms with E-state index in [-0.39, 0.29) is 35.7 Å². The maximum Gasteiger partial charge on any atom is 0.435 e. The molecule has 0 saturated heterocycles. The number of carbonyl (C=O) groups is 2. The normalized spacial score (nSPS) is 13.8. The molecule has 10 heteroatoms. The Morgan fingerprint density at radius 2 is 1.97 bits per heavy atom. The maximum absolute atomic E-state index is 13.2. The Balaban J connectivity index is 1.64. The first kappa shape index (κ1) is 21.2. The van der Waals surface area contributed by atoms with Crippen LogP contribution in [-0.4, -0.2) is 21.6 Å². The molecule has 0 saturated carbocycles. The largest absolute Gasteiger partial charge is 0.435 e. The summed E-state index contributed by atoms with van der Waals surface area (Å²) in [6.45, 7) is 0.203. The summed E-state index contributed by atoms with van der Waals surface area (Å²) in [6.07, 6.45) is -1.66. The van der Waals surface area contributed by atoms with Crippen molar-refractivity contribution in [2.24, 2.45) is 5.73 Å². The lowest BCUT2D eigenvalue weighted by atomic mass is 9.95. The van der Waals surface area contributed by atoms with Crippen molar-refractivity contribution in [2.75, 3.05) is 5.32 Å². The highest BCUT2D eigenvalue weighted by molar-refractivity contribution is 6.31. The van der Waals surface area contributed by atoms with Crippen LogP contribution in [0.5, 0.6) is 0 Å². The molecule has 2 aromatic rings. The topological polar surface area (TPSA) is 90.0 Å². The Hall–Kier alpha value is -2.55. The minimum Gasteiger partial charge on any atom is -0.366 e. The number of hydrogen-bond acceptors (Lipinski definition) is 3. The molecule has 3 N–H and O–H groups in total. The summed E-state index contributed by atoms with van der Waals surface area (Å²) in [5, 5.41) is 6.67. The molecular formula is C19H20ClF3N4O2. The minimum atomic E-state index is -4.48. The third kappa shape index (κ3) is 4.90. The molecule has 6 nitrogen and oxygen atoms in total. The van der Waals surface area contributed by atoms with Gasteiger partial charge in [-0.15, -0.1) is 0 Å². The van der Waals surface area contributed by atoms with Gasteiger partial charge in [-0.3, -0.25) is 14.3 Å². The average Bonchev–Trinajstić information content (AvgIpc) is 3.02. The van der Waals surface area contributed by atoms with Gasteiger partial charge in [0.05, 0.1) is 11.3 Å². The Kier molecular flexibility index (Phi) is 6.16. The Morgan fingerprint density at radius 1 is 1.24 bits per heavy atom. The van der Waals surface area contributed by atoms with Gasteiger partial charge >= 0.3 is 6.18 Å². The van der Waals surface area contributed by atoms with E-state index < -0.39 is 17.8 Å². The quantitative estimate of drug-likeness (QED) is 0.729. The minimum absolute atomic E-state index is 0.0524. The lowest BCUT2D eigenvalue weighted by Crippen LogP contribution is -2.18. The number of anilines is 1. The number of aryl methyl sites for hydroxylation is 1. The van der Waals surface area contributed by atoms with Crippen molar-refractivity contribution in [1.82, 2.24) is 9.78 Å². The Morgan fingerprint density at radius 3 is 2.66 bits per heavy atom. The summed E-state index contributed by atoms with van der Waals surface area (Å²) in [6, 6.07) is 4.34. The van der Waals surface area contributed by atoms with E-state index in [2.05, 4.69) is 10.4 Å².